The van der Waals surface area contributed by atoms with Gasteiger partial charge >= 0.3 is 0 Å². The van der Waals surface area contributed by atoms with Crippen molar-refractivity contribution in [3.8, 4) is 0 Å². The molecule has 2 atom stereocenters. The van der Waals surface area contributed by atoms with Crippen LogP contribution in [0.2, 0.25) is 0 Å². The first-order valence-electron chi connectivity index (χ1n) is 4.79. The molecule has 0 saturated heterocycles. The Balaban J connectivity index is -0.000000189. The van der Waals surface area contributed by atoms with Crippen LogP contribution in [0.5, 0.6) is 0 Å². The molecule has 2 unspecified atom stereocenters. The van der Waals surface area contributed by atoms with E-state index in [0.717, 1.165) is 11.8 Å². The maximum absolute atomic E-state index is 2.37. The second-order valence-electron chi connectivity index (χ2n) is 3.38. The molecule has 0 amide bonds. The molecule has 0 aromatic rings. The van der Waals surface area contributed by atoms with Crippen molar-refractivity contribution >= 4 is 0 Å². The summed E-state index contributed by atoms with van der Waals surface area (Å²) in [4.78, 5) is 0. The normalized spacial score (nSPS) is 27.0. The topological polar surface area (TPSA) is 0 Å². The zero-order chi connectivity index (χ0) is 7.98. The summed E-state index contributed by atoms with van der Waals surface area (Å²) < 4.78 is 0. The largest absolute Gasteiger partial charge is 0.358 e. The average Bonchev–Trinajstić information content (AvgIpc) is 1.91. The Kier molecular flexibility index (Phi) is 18.8. The van der Waals surface area contributed by atoms with Gasteiger partial charge in [-0.15, -0.1) is 0 Å². The maximum atomic E-state index is 2.37. The van der Waals surface area contributed by atoms with Crippen LogP contribution >= 0.6 is 0 Å². The van der Waals surface area contributed by atoms with Gasteiger partial charge < -0.3 is 7.43 Å². The number of hydrogen-bond donors (Lipinski definition) is 0. The molecule has 0 aromatic carbocycles. The van der Waals surface area contributed by atoms with Gasteiger partial charge in [-0.1, -0.05) is 47.0 Å². The summed E-state index contributed by atoms with van der Waals surface area (Å²) in [6.07, 6.45) is 5.90. The van der Waals surface area contributed by atoms with Gasteiger partial charge in [0, 0.05) is 31.1 Å². The minimum Gasteiger partial charge on any atom is -0.358 e. The van der Waals surface area contributed by atoms with Crippen molar-refractivity contribution < 1.29 is 31.1 Å². The Labute approximate surface area is 103 Å². The summed E-state index contributed by atoms with van der Waals surface area (Å²) in [6.45, 7) is 8.74. The molecule has 12 heavy (non-hydrogen) atoms. The molecule has 1 aliphatic rings. The smallest absolute Gasteiger partial charge is 0 e. The first kappa shape index (κ1) is 18.8. The molecular weight excluding hydrogens is 370 g/mol. The van der Waals surface area contributed by atoms with E-state index >= 15 is 0 Å². The van der Waals surface area contributed by atoms with E-state index in [1.54, 1.807) is 0 Å². The molecule has 0 N–H and O–H groups in total. The van der Waals surface area contributed by atoms with Crippen LogP contribution in [0, 0.1) is 50.4 Å². The van der Waals surface area contributed by atoms with E-state index in [1.807, 2.05) is 13.8 Å². The molecule has 1 rings (SSSR count). The van der Waals surface area contributed by atoms with Crippen molar-refractivity contribution in [1.29, 1.82) is 0 Å². The van der Waals surface area contributed by atoms with Gasteiger partial charge in [0.25, 0.3) is 0 Å². The van der Waals surface area contributed by atoms with E-state index in [2.05, 4.69) is 13.8 Å². The Morgan fingerprint density at radius 1 is 0.917 bits per heavy atom. The van der Waals surface area contributed by atoms with Crippen LogP contribution in [0.25, 0.3) is 0 Å². The number of hydrogen-bond acceptors (Lipinski definition) is 0. The van der Waals surface area contributed by atoms with E-state index in [4.69, 9.17) is 0 Å². The molecule has 0 heterocycles. The summed E-state index contributed by atoms with van der Waals surface area (Å²) in [7, 11) is 0. The Hall–Kier alpha value is 1.05. The fourth-order valence-corrected chi connectivity index (χ4v) is 1.74. The van der Waals surface area contributed by atoms with Gasteiger partial charge in [0.2, 0.25) is 0 Å². The molecule has 1 heteroatoms. The van der Waals surface area contributed by atoms with Gasteiger partial charge in [-0.2, -0.15) is 0 Å². The third-order valence-electron chi connectivity index (χ3n) is 2.20. The second kappa shape index (κ2) is 12.1. The van der Waals surface area contributed by atoms with Crippen LogP contribution in [0.3, 0.4) is 0 Å². The van der Waals surface area contributed by atoms with Crippen LogP contribution < -0.4 is 0 Å². The van der Waals surface area contributed by atoms with Crippen molar-refractivity contribution in [2.45, 2.75) is 53.4 Å². The molecule has 0 aliphatic heterocycles. The van der Waals surface area contributed by atoms with Gasteiger partial charge in [0.15, 0.2) is 0 Å². The molecule has 0 radical (unpaired) electrons. The zero-order valence-corrected chi connectivity index (χ0v) is 13.6. The molecule has 1 aliphatic carbocycles. The summed E-state index contributed by atoms with van der Waals surface area (Å²) >= 11 is 0. The van der Waals surface area contributed by atoms with Crippen LogP contribution in [0.1, 0.15) is 53.4 Å². The Morgan fingerprint density at radius 3 is 1.42 bits per heavy atom. The predicted octanol–water partition coefficient (Wildman–Crippen LogP) is 4.31. The number of rotatable bonds is 0. The van der Waals surface area contributed by atoms with Crippen LogP contribution in [0.15, 0.2) is 0 Å². The molecule has 1 fully saturated rings. The van der Waals surface area contributed by atoms with Crippen molar-refractivity contribution in [3.05, 3.63) is 7.43 Å². The van der Waals surface area contributed by atoms with Crippen molar-refractivity contribution in [1.82, 2.24) is 0 Å². The van der Waals surface area contributed by atoms with E-state index < -0.39 is 0 Å². The molecule has 0 aromatic heterocycles. The molecule has 74 valence electrons. The minimum atomic E-state index is 0. The predicted molar refractivity (Wildman–Crippen MR) is 54.6 cm³/mol. The van der Waals surface area contributed by atoms with Crippen molar-refractivity contribution in [2.24, 2.45) is 11.8 Å². The first-order valence-corrected chi connectivity index (χ1v) is 4.79. The third-order valence-corrected chi connectivity index (χ3v) is 2.20. The van der Waals surface area contributed by atoms with Gasteiger partial charge in [0.05, 0.1) is 0 Å². The van der Waals surface area contributed by atoms with Gasteiger partial charge in [0.1, 0.15) is 0 Å². The zero-order valence-electron chi connectivity index (χ0n) is 9.48. The molecule has 0 nitrogen and oxygen atoms in total. The van der Waals surface area contributed by atoms with Gasteiger partial charge in [-0.05, 0) is 18.3 Å². The van der Waals surface area contributed by atoms with Crippen molar-refractivity contribution in [2.75, 3.05) is 0 Å². The maximum Gasteiger partial charge on any atom is 0 e. The van der Waals surface area contributed by atoms with E-state index in [0.29, 0.717) is 0 Å². The van der Waals surface area contributed by atoms with E-state index in [9.17, 15) is 0 Å². The fraction of sp³-hybridized carbons (Fsp3) is 0.909. The first-order chi connectivity index (χ1) is 4.79. The fourth-order valence-electron chi connectivity index (χ4n) is 1.74. The third kappa shape index (κ3) is 9.14. The quantitative estimate of drug-likeness (QED) is 0.537. The van der Waals surface area contributed by atoms with Crippen LogP contribution in [0.4, 0.5) is 0 Å². The summed E-state index contributed by atoms with van der Waals surface area (Å²) in [5.41, 5.74) is 0. The van der Waals surface area contributed by atoms with Gasteiger partial charge in [-0.3, -0.25) is 0 Å². The minimum absolute atomic E-state index is 0. The Bertz CT molecular complexity index is 63.4. The molecule has 0 bridgehead atoms. The van der Waals surface area contributed by atoms with Crippen molar-refractivity contribution in [3.63, 3.8) is 0 Å². The summed E-state index contributed by atoms with van der Waals surface area (Å²) in [5, 5.41) is 0. The van der Waals surface area contributed by atoms with E-state index in [1.165, 1.54) is 25.7 Å². The monoisotopic (exact) mass is 395 g/mol. The Morgan fingerprint density at radius 2 is 1.25 bits per heavy atom. The molecule has 1 saturated carbocycles. The second-order valence-corrected chi connectivity index (χ2v) is 3.38. The van der Waals surface area contributed by atoms with E-state index in [-0.39, 0.29) is 38.5 Å². The summed E-state index contributed by atoms with van der Waals surface area (Å²) in [6, 6.07) is 0. The molecule has 0 spiro atoms. The summed E-state index contributed by atoms with van der Waals surface area (Å²) in [5.74, 6) is 2.03. The standard InChI is InChI=1S/C8H16.C2H6.CH3.U/c1-7-4-3-5-8(2)6-7;1-2;;/h7-8H,3-6H2,1-2H3;1-2H3;1H3;/q;;-1;. The average molecular weight is 395 g/mol. The van der Waals surface area contributed by atoms with Crippen LogP contribution in [-0.2, 0) is 0 Å². The molecular formula is C11H25U-. The van der Waals surface area contributed by atoms with Gasteiger partial charge in [-0.25, -0.2) is 0 Å². The van der Waals surface area contributed by atoms with Crippen LogP contribution in [-0.4, -0.2) is 0 Å². The SMILES string of the molecule is CC.CC1CCCC(C)C1.[CH3-].[U].